The van der Waals surface area contributed by atoms with Gasteiger partial charge >= 0.3 is 0 Å². The maximum atomic E-state index is 12.9. The summed E-state index contributed by atoms with van der Waals surface area (Å²) in [5.74, 6) is -0.131. The highest BCUT2D eigenvalue weighted by Gasteiger charge is 2.12. The van der Waals surface area contributed by atoms with Gasteiger partial charge in [-0.1, -0.05) is 17.7 Å². The van der Waals surface area contributed by atoms with Crippen LogP contribution in [0.1, 0.15) is 17.5 Å². The second kappa shape index (κ2) is 5.21. The first kappa shape index (κ1) is 12.0. The van der Waals surface area contributed by atoms with E-state index < -0.39 is 11.9 Å². The maximum absolute atomic E-state index is 12.9. The zero-order valence-electron chi connectivity index (χ0n) is 8.85. The molecule has 0 saturated heterocycles. The lowest BCUT2D eigenvalue weighted by atomic mass is 10.1. The smallest absolute Gasteiger partial charge is 0.157 e. The molecule has 0 fully saturated rings. The fraction of sp³-hybridized carbons (Fsp3) is 0.167. The van der Waals surface area contributed by atoms with Gasteiger partial charge in [0.15, 0.2) is 5.82 Å². The van der Waals surface area contributed by atoms with E-state index in [-0.39, 0.29) is 5.02 Å². The van der Waals surface area contributed by atoms with E-state index in [1.807, 2.05) is 0 Å². The second-order valence-corrected chi connectivity index (χ2v) is 3.98. The standard InChI is InChI=1S/C12H10ClFN2O/c13-9-6-8(2-3-10(9)14)7-11(17)12-15-4-1-5-16-12/h1-6,11,17H,7H2. The number of rotatable bonds is 3. The number of nitrogens with zero attached hydrogens (tertiary/aromatic N) is 2. The van der Waals surface area contributed by atoms with Gasteiger partial charge in [0.25, 0.3) is 0 Å². The molecule has 1 aromatic carbocycles. The van der Waals surface area contributed by atoms with Gasteiger partial charge in [0, 0.05) is 18.8 Å². The van der Waals surface area contributed by atoms with Crippen molar-refractivity contribution in [2.75, 3.05) is 0 Å². The Morgan fingerprint density at radius 1 is 1.29 bits per heavy atom. The third-order valence-corrected chi connectivity index (χ3v) is 2.59. The molecule has 1 heterocycles. The molecule has 1 aromatic heterocycles. The minimum atomic E-state index is -0.822. The molecular formula is C12H10ClFN2O. The van der Waals surface area contributed by atoms with Gasteiger partial charge in [-0.15, -0.1) is 0 Å². The highest BCUT2D eigenvalue weighted by atomic mass is 35.5. The Hall–Kier alpha value is -1.52. The summed E-state index contributed by atoms with van der Waals surface area (Å²) in [4.78, 5) is 7.89. The van der Waals surface area contributed by atoms with Crippen LogP contribution < -0.4 is 0 Å². The number of aliphatic hydroxyl groups is 1. The lowest BCUT2D eigenvalue weighted by molar-refractivity contribution is 0.168. The topological polar surface area (TPSA) is 46.0 Å². The van der Waals surface area contributed by atoms with Crippen LogP contribution >= 0.6 is 11.6 Å². The van der Waals surface area contributed by atoms with Crippen LogP contribution in [0.15, 0.2) is 36.7 Å². The molecule has 0 radical (unpaired) electrons. The molecule has 3 nitrogen and oxygen atoms in total. The van der Waals surface area contributed by atoms with Crippen molar-refractivity contribution in [3.05, 3.63) is 58.9 Å². The predicted molar refractivity (Wildman–Crippen MR) is 62.1 cm³/mol. The van der Waals surface area contributed by atoms with Crippen molar-refractivity contribution >= 4 is 11.6 Å². The van der Waals surface area contributed by atoms with Crippen molar-refractivity contribution in [1.29, 1.82) is 0 Å². The SMILES string of the molecule is OC(Cc1ccc(F)c(Cl)c1)c1ncccn1. The van der Waals surface area contributed by atoms with Crippen molar-refractivity contribution in [2.24, 2.45) is 0 Å². The molecule has 0 saturated carbocycles. The van der Waals surface area contributed by atoms with Crippen molar-refractivity contribution in [3.63, 3.8) is 0 Å². The molecule has 1 N–H and O–H groups in total. The van der Waals surface area contributed by atoms with Gasteiger partial charge in [0.2, 0.25) is 0 Å². The van der Waals surface area contributed by atoms with E-state index in [4.69, 9.17) is 11.6 Å². The van der Waals surface area contributed by atoms with Crippen LogP contribution in [0.25, 0.3) is 0 Å². The predicted octanol–water partition coefficient (Wildman–Crippen LogP) is 2.55. The minimum Gasteiger partial charge on any atom is -0.385 e. The number of aliphatic hydroxyl groups excluding tert-OH is 1. The third-order valence-electron chi connectivity index (χ3n) is 2.30. The minimum absolute atomic E-state index is 0.0451. The molecule has 17 heavy (non-hydrogen) atoms. The van der Waals surface area contributed by atoms with E-state index in [0.717, 1.165) is 5.56 Å². The zero-order valence-corrected chi connectivity index (χ0v) is 9.60. The Kier molecular flexibility index (Phi) is 3.66. The van der Waals surface area contributed by atoms with Gasteiger partial charge < -0.3 is 5.11 Å². The molecule has 0 aliphatic heterocycles. The van der Waals surface area contributed by atoms with E-state index >= 15 is 0 Å². The Morgan fingerprint density at radius 2 is 2.00 bits per heavy atom. The Balaban J connectivity index is 2.13. The van der Waals surface area contributed by atoms with Crippen molar-refractivity contribution in [1.82, 2.24) is 9.97 Å². The molecule has 0 amide bonds. The quantitative estimate of drug-likeness (QED) is 0.913. The normalized spacial score (nSPS) is 12.4. The molecule has 0 bridgehead atoms. The van der Waals surface area contributed by atoms with E-state index in [2.05, 4.69) is 9.97 Å². The summed E-state index contributed by atoms with van der Waals surface area (Å²) in [6, 6.07) is 6.01. The maximum Gasteiger partial charge on any atom is 0.157 e. The monoisotopic (exact) mass is 252 g/mol. The zero-order chi connectivity index (χ0) is 12.3. The van der Waals surface area contributed by atoms with Crippen LogP contribution in [0.5, 0.6) is 0 Å². The number of halogens is 2. The van der Waals surface area contributed by atoms with E-state index in [0.29, 0.717) is 12.2 Å². The van der Waals surface area contributed by atoms with E-state index in [1.165, 1.54) is 12.1 Å². The number of hydrogen-bond acceptors (Lipinski definition) is 3. The van der Waals surface area contributed by atoms with Crippen molar-refractivity contribution in [2.45, 2.75) is 12.5 Å². The van der Waals surface area contributed by atoms with Crippen LogP contribution in [-0.4, -0.2) is 15.1 Å². The largest absolute Gasteiger partial charge is 0.385 e. The number of benzene rings is 1. The molecule has 1 unspecified atom stereocenters. The van der Waals surface area contributed by atoms with E-state index in [9.17, 15) is 9.50 Å². The molecule has 2 rings (SSSR count). The van der Waals surface area contributed by atoms with Crippen LogP contribution in [0.3, 0.4) is 0 Å². The van der Waals surface area contributed by atoms with Crippen LogP contribution in [0.2, 0.25) is 5.02 Å². The highest BCUT2D eigenvalue weighted by Crippen LogP contribution is 2.20. The van der Waals surface area contributed by atoms with Crippen LogP contribution in [0.4, 0.5) is 4.39 Å². The Labute approximate surface area is 103 Å². The van der Waals surface area contributed by atoms with E-state index in [1.54, 1.807) is 24.5 Å². The first-order valence-corrected chi connectivity index (χ1v) is 5.43. The summed E-state index contributed by atoms with van der Waals surface area (Å²) >= 11 is 5.66. The lowest BCUT2D eigenvalue weighted by Crippen LogP contribution is -2.06. The van der Waals surface area contributed by atoms with Crippen molar-refractivity contribution in [3.8, 4) is 0 Å². The molecule has 5 heteroatoms. The van der Waals surface area contributed by atoms with Crippen LogP contribution in [0, 0.1) is 5.82 Å². The fourth-order valence-corrected chi connectivity index (χ4v) is 1.67. The first-order chi connectivity index (χ1) is 8.16. The second-order valence-electron chi connectivity index (χ2n) is 3.58. The summed E-state index contributed by atoms with van der Waals surface area (Å²) < 4.78 is 12.9. The van der Waals surface area contributed by atoms with Gasteiger partial charge in [-0.05, 0) is 23.8 Å². The fourth-order valence-electron chi connectivity index (χ4n) is 1.46. The molecule has 0 spiro atoms. The molecule has 1 atom stereocenters. The highest BCUT2D eigenvalue weighted by molar-refractivity contribution is 6.30. The average Bonchev–Trinajstić information content (AvgIpc) is 2.35. The molecule has 0 aliphatic rings. The molecule has 2 aromatic rings. The molecular weight excluding hydrogens is 243 g/mol. The Morgan fingerprint density at radius 3 is 2.65 bits per heavy atom. The number of aromatic nitrogens is 2. The summed E-state index contributed by atoms with van der Waals surface area (Å²) in [6.45, 7) is 0. The molecule has 88 valence electrons. The van der Waals surface area contributed by atoms with Gasteiger partial charge in [0.05, 0.1) is 5.02 Å². The van der Waals surface area contributed by atoms with Crippen LogP contribution in [-0.2, 0) is 6.42 Å². The summed E-state index contributed by atoms with van der Waals surface area (Å²) in [5.41, 5.74) is 0.733. The van der Waals surface area contributed by atoms with Gasteiger partial charge in [-0.3, -0.25) is 0 Å². The summed E-state index contributed by atoms with van der Waals surface area (Å²) in [7, 11) is 0. The number of hydrogen-bond donors (Lipinski definition) is 1. The first-order valence-electron chi connectivity index (χ1n) is 5.05. The Bertz CT molecular complexity index is 507. The average molecular weight is 253 g/mol. The third kappa shape index (κ3) is 2.99. The summed E-state index contributed by atoms with van der Waals surface area (Å²) in [5, 5.41) is 9.92. The lowest BCUT2D eigenvalue weighted by Gasteiger charge is -2.09. The van der Waals surface area contributed by atoms with Crippen molar-refractivity contribution < 1.29 is 9.50 Å². The summed E-state index contributed by atoms with van der Waals surface area (Å²) in [6.07, 6.45) is 2.59. The molecule has 0 aliphatic carbocycles. The van der Waals surface area contributed by atoms with Gasteiger partial charge in [-0.25, -0.2) is 14.4 Å². The van der Waals surface area contributed by atoms with Gasteiger partial charge in [0.1, 0.15) is 11.9 Å². The van der Waals surface area contributed by atoms with Gasteiger partial charge in [-0.2, -0.15) is 0 Å².